The highest BCUT2D eigenvalue weighted by Crippen LogP contribution is 2.33. The van der Waals surface area contributed by atoms with Crippen LogP contribution >= 0.6 is 11.8 Å². The van der Waals surface area contributed by atoms with E-state index in [1.807, 2.05) is 11.8 Å². The van der Waals surface area contributed by atoms with Crippen molar-refractivity contribution in [1.29, 1.82) is 5.26 Å². The molecular weight excluding hydrogens is 238 g/mol. The minimum atomic E-state index is 0.266. The SMILES string of the molecule is Cc1cccc(CSC2CCCCCC2C#N)c1. The van der Waals surface area contributed by atoms with Crippen LogP contribution < -0.4 is 0 Å². The first-order valence-electron chi connectivity index (χ1n) is 6.86. The molecule has 0 N–H and O–H groups in total. The van der Waals surface area contributed by atoms with Gasteiger partial charge in [-0.2, -0.15) is 17.0 Å². The van der Waals surface area contributed by atoms with Crippen molar-refractivity contribution < 1.29 is 0 Å². The Bertz CT molecular complexity index is 421. The summed E-state index contributed by atoms with van der Waals surface area (Å²) >= 11 is 1.98. The predicted molar refractivity (Wildman–Crippen MR) is 78.5 cm³/mol. The normalized spacial score (nSPS) is 24.2. The molecule has 0 amide bonds. The van der Waals surface area contributed by atoms with Crippen molar-refractivity contribution in [1.82, 2.24) is 0 Å². The number of aryl methyl sites for hydroxylation is 1. The van der Waals surface area contributed by atoms with Gasteiger partial charge in [-0.3, -0.25) is 0 Å². The van der Waals surface area contributed by atoms with E-state index in [0.717, 1.165) is 12.2 Å². The second-order valence-electron chi connectivity index (χ2n) is 5.21. The third-order valence-corrected chi connectivity index (χ3v) is 5.16. The molecule has 0 bridgehead atoms. The van der Waals surface area contributed by atoms with Gasteiger partial charge in [0.1, 0.15) is 0 Å². The zero-order chi connectivity index (χ0) is 12.8. The highest BCUT2D eigenvalue weighted by atomic mass is 32.2. The lowest BCUT2D eigenvalue weighted by molar-refractivity contribution is 0.585. The molecule has 0 heterocycles. The standard InChI is InChI=1S/C16H21NS/c1-13-6-5-7-14(10-13)12-18-16-9-4-2-3-8-15(16)11-17/h5-7,10,15-16H,2-4,8-9,12H2,1H3. The molecule has 0 radical (unpaired) electrons. The second kappa shape index (κ2) is 6.85. The molecule has 1 saturated carbocycles. The van der Waals surface area contributed by atoms with Crippen LogP contribution in [0.4, 0.5) is 0 Å². The average Bonchev–Trinajstić information content (AvgIpc) is 2.61. The van der Waals surface area contributed by atoms with E-state index < -0.39 is 0 Å². The van der Waals surface area contributed by atoms with E-state index in [0.29, 0.717) is 5.25 Å². The first-order valence-corrected chi connectivity index (χ1v) is 7.91. The van der Waals surface area contributed by atoms with Crippen LogP contribution in [0, 0.1) is 24.2 Å². The number of rotatable bonds is 3. The molecule has 96 valence electrons. The summed E-state index contributed by atoms with van der Waals surface area (Å²) in [6, 6.07) is 11.2. The number of benzene rings is 1. The Kier molecular flexibility index (Phi) is 5.13. The van der Waals surface area contributed by atoms with E-state index in [4.69, 9.17) is 0 Å². The zero-order valence-corrected chi connectivity index (χ0v) is 11.9. The van der Waals surface area contributed by atoms with Crippen molar-refractivity contribution in [3.63, 3.8) is 0 Å². The number of nitrogens with zero attached hydrogens (tertiary/aromatic N) is 1. The lowest BCUT2D eigenvalue weighted by atomic mass is 10.0. The Morgan fingerprint density at radius 2 is 2.11 bits per heavy atom. The summed E-state index contributed by atoms with van der Waals surface area (Å²) < 4.78 is 0. The molecule has 0 aliphatic heterocycles. The Morgan fingerprint density at radius 3 is 2.89 bits per heavy atom. The van der Waals surface area contributed by atoms with Crippen molar-refractivity contribution in [2.24, 2.45) is 5.92 Å². The van der Waals surface area contributed by atoms with E-state index in [-0.39, 0.29) is 5.92 Å². The van der Waals surface area contributed by atoms with Gasteiger partial charge in [0.25, 0.3) is 0 Å². The fourth-order valence-electron chi connectivity index (χ4n) is 2.63. The third-order valence-electron chi connectivity index (χ3n) is 3.66. The van der Waals surface area contributed by atoms with E-state index in [1.165, 1.54) is 36.8 Å². The van der Waals surface area contributed by atoms with Crippen molar-refractivity contribution in [3.8, 4) is 6.07 Å². The number of hydrogen-bond acceptors (Lipinski definition) is 2. The van der Waals surface area contributed by atoms with E-state index in [9.17, 15) is 5.26 Å². The fraction of sp³-hybridized carbons (Fsp3) is 0.562. The monoisotopic (exact) mass is 259 g/mol. The maximum Gasteiger partial charge on any atom is 0.0667 e. The van der Waals surface area contributed by atoms with Gasteiger partial charge in [0, 0.05) is 11.0 Å². The average molecular weight is 259 g/mol. The van der Waals surface area contributed by atoms with Gasteiger partial charge in [0.05, 0.1) is 12.0 Å². The van der Waals surface area contributed by atoms with Gasteiger partial charge in [-0.1, -0.05) is 49.1 Å². The molecule has 1 fully saturated rings. The van der Waals surface area contributed by atoms with Gasteiger partial charge >= 0.3 is 0 Å². The molecule has 1 aromatic carbocycles. The van der Waals surface area contributed by atoms with Crippen molar-refractivity contribution >= 4 is 11.8 Å². The van der Waals surface area contributed by atoms with E-state index in [2.05, 4.69) is 37.3 Å². The summed E-state index contributed by atoms with van der Waals surface area (Å²) in [5.41, 5.74) is 2.71. The predicted octanol–water partition coefficient (Wildman–Crippen LogP) is 4.70. The minimum absolute atomic E-state index is 0.266. The largest absolute Gasteiger partial charge is 0.198 e. The molecule has 2 atom stereocenters. The van der Waals surface area contributed by atoms with E-state index >= 15 is 0 Å². The molecule has 1 aromatic rings. The fourth-order valence-corrected chi connectivity index (χ4v) is 3.97. The second-order valence-corrected chi connectivity index (χ2v) is 6.44. The van der Waals surface area contributed by atoms with Crippen LogP contribution in [0.1, 0.15) is 43.2 Å². The maximum absolute atomic E-state index is 9.26. The molecule has 1 aliphatic rings. The maximum atomic E-state index is 9.26. The van der Waals surface area contributed by atoms with Crippen LogP contribution in [0.3, 0.4) is 0 Å². The lowest BCUT2D eigenvalue weighted by Crippen LogP contribution is -2.14. The highest BCUT2D eigenvalue weighted by Gasteiger charge is 2.23. The topological polar surface area (TPSA) is 23.8 Å². The van der Waals surface area contributed by atoms with Gasteiger partial charge in [-0.15, -0.1) is 0 Å². The van der Waals surface area contributed by atoms with Crippen molar-refractivity contribution in [2.75, 3.05) is 0 Å². The molecule has 2 rings (SSSR count). The molecule has 0 spiro atoms. The van der Waals surface area contributed by atoms with Crippen LogP contribution in [-0.4, -0.2) is 5.25 Å². The molecule has 1 nitrogen and oxygen atoms in total. The molecule has 0 aromatic heterocycles. The summed E-state index contributed by atoms with van der Waals surface area (Å²) in [5.74, 6) is 1.31. The van der Waals surface area contributed by atoms with E-state index in [1.54, 1.807) is 0 Å². The zero-order valence-electron chi connectivity index (χ0n) is 11.1. The van der Waals surface area contributed by atoms with Crippen molar-refractivity contribution in [2.45, 2.75) is 50.0 Å². The first-order chi connectivity index (χ1) is 8.79. The lowest BCUT2D eigenvalue weighted by Gasteiger charge is -2.18. The molecule has 18 heavy (non-hydrogen) atoms. The summed E-state index contributed by atoms with van der Waals surface area (Å²) in [6.45, 7) is 2.14. The van der Waals surface area contributed by atoms with Gasteiger partial charge in [-0.25, -0.2) is 0 Å². The van der Waals surface area contributed by atoms with Crippen molar-refractivity contribution in [3.05, 3.63) is 35.4 Å². The van der Waals surface area contributed by atoms with Gasteiger partial charge in [0.2, 0.25) is 0 Å². The van der Waals surface area contributed by atoms with Crippen LogP contribution in [0.2, 0.25) is 0 Å². The quantitative estimate of drug-likeness (QED) is 0.735. The molecule has 1 aliphatic carbocycles. The molecular formula is C16H21NS. The number of thioether (sulfide) groups is 1. The van der Waals surface area contributed by atoms with Crippen LogP contribution in [0.15, 0.2) is 24.3 Å². The Morgan fingerprint density at radius 1 is 1.28 bits per heavy atom. The first kappa shape index (κ1) is 13.5. The Hall–Kier alpha value is -0.940. The number of hydrogen-bond donors (Lipinski definition) is 0. The summed E-state index contributed by atoms with van der Waals surface area (Å²) in [5, 5.41) is 9.80. The van der Waals surface area contributed by atoms with Gasteiger partial charge in [-0.05, 0) is 25.3 Å². The molecule has 2 unspecified atom stereocenters. The smallest absolute Gasteiger partial charge is 0.0667 e. The highest BCUT2D eigenvalue weighted by molar-refractivity contribution is 7.99. The van der Waals surface area contributed by atoms with Gasteiger partial charge < -0.3 is 0 Å². The van der Waals surface area contributed by atoms with Gasteiger partial charge in [0.15, 0.2) is 0 Å². The summed E-state index contributed by atoms with van der Waals surface area (Å²) in [7, 11) is 0. The summed E-state index contributed by atoms with van der Waals surface area (Å²) in [6.07, 6.45) is 6.15. The van der Waals surface area contributed by atoms with Crippen LogP contribution in [0.5, 0.6) is 0 Å². The molecule has 2 heteroatoms. The van der Waals surface area contributed by atoms with Crippen LogP contribution in [-0.2, 0) is 5.75 Å². The minimum Gasteiger partial charge on any atom is -0.198 e. The number of nitriles is 1. The molecule has 0 saturated heterocycles. The summed E-state index contributed by atoms with van der Waals surface area (Å²) in [4.78, 5) is 0. The van der Waals surface area contributed by atoms with Crippen LogP contribution in [0.25, 0.3) is 0 Å². The Labute approximate surface area is 115 Å². The third kappa shape index (κ3) is 3.78. The Balaban J connectivity index is 1.93.